The maximum atomic E-state index is 4.25. The second-order valence-electron chi connectivity index (χ2n) is 3.92. The van der Waals surface area contributed by atoms with Crippen LogP contribution in [0, 0.1) is 0 Å². The second-order valence-corrected chi connectivity index (χ2v) is 6.87. The number of rotatable bonds is 3. The Labute approximate surface area is 138 Å². The summed E-state index contributed by atoms with van der Waals surface area (Å²) in [5, 5.41) is 0. The summed E-state index contributed by atoms with van der Waals surface area (Å²) in [6, 6.07) is 12.9. The molecule has 4 heteroatoms. The number of hydrogen-bond acceptors (Lipinski definition) is 1. The van der Waals surface area contributed by atoms with Crippen molar-refractivity contribution in [3.63, 3.8) is 0 Å². The lowest BCUT2D eigenvalue weighted by atomic mass is 10.0. The first-order valence-corrected chi connectivity index (χ1v) is 8.47. The summed E-state index contributed by atoms with van der Waals surface area (Å²) >= 11 is 14.9. The third-order valence-electron chi connectivity index (χ3n) is 2.67. The van der Waals surface area contributed by atoms with Gasteiger partial charge >= 0.3 is 0 Å². The summed E-state index contributed by atoms with van der Waals surface area (Å²) in [6.07, 6.45) is 1.01. The molecule has 0 aliphatic carbocycles. The van der Waals surface area contributed by atoms with E-state index in [0.717, 1.165) is 25.6 Å². The van der Waals surface area contributed by atoms with Gasteiger partial charge in [0.2, 0.25) is 0 Å². The first kappa shape index (κ1) is 14.6. The average Bonchev–Trinajstić information content (AvgIpc) is 2.37. The van der Waals surface area contributed by atoms with Crippen LogP contribution in [-0.2, 0) is 6.42 Å². The zero-order valence-electron chi connectivity index (χ0n) is 9.46. The first-order valence-electron chi connectivity index (χ1n) is 5.46. The standard InChI is InChI=1S/C14H11Br3S/c15-12-7-11(8-13(16)14(12)17)10-3-1-9(2-4-10)5-6-18/h1-4,7-8,18H,5-6H2. The van der Waals surface area contributed by atoms with Crippen LogP contribution in [0.3, 0.4) is 0 Å². The molecule has 2 rings (SSSR count). The fourth-order valence-electron chi connectivity index (χ4n) is 1.72. The maximum absolute atomic E-state index is 4.25. The van der Waals surface area contributed by atoms with E-state index < -0.39 is 0 Å². The summed E-state index contributed by atoms with van der Waals surface area (Å²) in [5.41, 5.74) is 3.73. The molecule has 0 amide bonds. The van der Waals surface area contributed by atoms with Crippen LogP contribution in [0.1, 0.15) is 5.56 Å². The van der Waals surface area contributed by atoms with Crippen molar-refractivity contribution in [1.82, 2.24) is 0 Å². The van der Waals surface area contributed by atoms with Gasteiger partial charge < -0.3 is 0 Å². The first-order chi connectivity index (χ1) is 8.61. The zero-order chi connectivity index (χ0) is 13.1. The molecule has 0 nitrogen and oxygen atoms in total. The van der Waals surface area contributed by atoms with Gasteiger partial charge in [-0.15, -0.1) is 0 Å². The molecular formula is C14H11Br3S. The summed E-state index contributed by atoms with van der Waals surface area (Å²) in [6.45, 7) is 0. The van der Waals surface area contributed by atoms with Gasteiger partial charge in [0, 0.05) is 13.4 Å². The highest BCUT2D eigenvalue weighted by atomic mass is 79.9. The van der Waals surface area contributed by atoms with E-state index in [4.69, 9.17) is 0 Å². The highest BCUT2D eigenvalue weighted by Gasteiger charge is 2.06. The van der Waals surface area contributed by atoms with E-state index in [-0.39, 0.29) is 0 Å². The highest BCUT2D eigenvalue weighted by molar-refractivity contribution is 9.14. The van der Waals surface area contributed by atoms with E-state index in [0.29, 0.717) is 0 Å². The van der Waals surface area contributed by atoms with Crippen LogP contribution in [0.4, 0.5) is 0 Å². The molecule has 2 aromatic carbocycles. The molecule has 0 aliphatic rings. The monoisotopic (exact) mass is 448 g/mol. The van der Waals surface area contributed by atoms with E-state index in [1.54, 1.807) is 0 Å². The molecule has 0 N–H and O–H groups in total. The van der Waals surface area contributed by atoms with Crippen LogP contribution in [0.5, 0.6) is 0 Å². The van der Waals surface area contributed by atoms with Gasteiger partial charge in [-0.25, -0.2) is 0 Å². The van der Waals surface area contributed by atoms with Gasteiger partial charge in [0.05, 0.1) is 0 Å². The SMILES string of the molecule is SCCc1ccc(-c2cc(Br)c(Br)c(Br)c2)cc1. The molecule has 0 spiro atoms. The molecule has 0 unspecified atom stereocenters. The number of halogens is 3. The Kier molecular flexibility index (Phi) is 5.36. The van der Waals surface area contributed by atoms with Crippen molar-refractivity contribution in [1.29, 1.82) is 0 Å². The van der Waals surface area contributed by atoms with Crippen molar-refractivity contribution >= 4 is 60.4 Å². The number of hydrogen-bond donors (Lipinski definition) is 1. The molecule has 0 bridgehead atoms. The third kappa shape index (κ3) is 3.41. The van der Waals surface area contributed by atoms with Gasteiger partial charge in [0.25, 0.3) is 0 Å². The second kappa shape index (κ2) is 6.60. The Balaban J connectivity index is 2.36. The van der Waals surface area contributed by atoms with E-state index >= 15 is 0 Å². The fourth-order valence-corrected chi connectivity index (χ4v) is 3.39. The topological polar surface area (TPSA) is 0 Å². The number of benzene rings is 2. The summed E-state index contributed by atoms with van der Waals surface area (Å²) in [4.78, 5) is 0. The molecule has 0 atom stereocenters. The van der Waals surface area contributed by atoms with Crippen LogP contribution < -0.4 is 0 Å². The van der Waals surface area contributed by atoms with Crippen molar-refractivity contribution < 1.29 is 0 Å². The van der Waals surface area contributed by atoms with Gasteiger partial charge in [0.1, 0.15) is 0 Å². The lowest BCUT2D eigenvalue weighted by molar-refractivity contribution is 1.16. The average molecular weight is 451 g/mol. The minimum Gasteiger partial charge on any atom is -0.179 e. The molecule has 0 saturated carbocycles. The molecule has 0 aliphatic heterocycles. The van der Waals surface area contributed by atoms with Crippen LogP contribution in [0.2, 0.25) is 0 Å². The predicted octanol–water partition coefficient (Wildman–Crippen LogP) is 6.11. The summed E-state index contributed by atoms with van der Waals surface area (Å²) < 4.78 is 3.13. The Morgan fingerprint density at radius 3 is 1.89 bits per heavy atom. The van der Waals surface area contributed by atoms with Crippen LogP contribution >= 0.6 is 60.4 Å². The molecule has 0 fully saturated rings. The lowest BCUT2D eigenvalue weighted by Gasteiger charge is -2.07. The van der Waals surface area contributed by atoms with Crippen molar-refractivity contribution in [2.45, 2.75) is 6.42 Å². The highest BCUT2D eigenvalue weighted by Crippen LogP contribution is 2.35. The van der Waals surface area contributed by atoms with E-state index in [1.165, 1.54) is 16.7 Å². The largest absolute Gasteiger partial charge is 0.179 e. The third-order valence-corrected chi connectivity index (χ3v) is 6.06. The van der Waals surface area contributed by atoms with Gasteiger partial charge in [-0.05, 0) is 88.8 Å². The number of thiol groups is 1. The van der Waals surface area contributed by atoms with E-state index in [2.05, 4.69) is 96.8 Å². The Hall–Kier alpha value is 0.230. The minimum atomic E-state index is 0.884. The van der Waals surface area contributed by atoms with Gasteiger partial charge in [-0.3, -0.25) is 0 Å². The maximum Gasteiger partial charge on any atom is 0.0459 e. The predicted molar refractivity (Wildman–Crippen MR) is 92.5 cm³/mol. The molecule has 0 heterocycles. The quantitative estimate of drug-likeness (QED) is 0.423. The molecule has 0 saturated heterocycles. The van der Waals surface area contributed by atoms with Crippen LogP contribution in [-0.4, -0.2) is 5.75 Å². The van der Waals surface area contributed by atoms with E-state index in [1.807, 2.05) is 0 Å². The van der Waals surface area contributed by atoms with Crippen molar-refractivity contribution in [2.75, 3.05) is 5.75 Å². The lowest BCUT2D eigenvalue weighted by Crippen LogP contribution is -1.86. The molecule has 0 aromatic heterocycles. The molecular weight excluding hydrogens is 440 g/mol. The van der Waals surface area contributed by atoms with Crippen LogP contribution in [0.15, 0.2) is 49.8 Å². The molecule has 94 valence electrons. The zero-order valence-corrected chi connectivity index (χ0v) is 15.1. The summed E-state index contributed by atoms with van der Waals surface area (Å²) in [5.74, 6) is 0.884. The molecule has 0 radical (unpaired) electrons. The van der Waals surface area contributed by atoms with Crippen molar-refractivity contribution in [2.24, 2.45) is 0 Å². The fraction of sp³-hybridized carbons (Fsp3) is 0.143. The summed E-state index contributed by atoms with van der Waals surface area (Å²) in [7, 11) is 0. The van der Waals surface area contributed by atoms with Crippen LogP contribution in [0.25, 0.3) is 11.1 Å². The smallest absolute Gasteiger partial charge is 0.0459 e. The Bertz CT molecular complexity index is 526. The van der Waals surface area contributed by atoms with Gasteiger partial charge in [0.15, 0.2) is 0 Å². The number of aryl methyl sites for hydroxylation is 1. The molecule has 2 aromatic rings. The van der Waals surface area contributed by atoms with E-state index in [9.17, 15) is 0 Å². The normalized spacial score (nSPS) is 10.7. The Morgan fingerprint density at radius 1 is 0.833 bits per heavy atom. The van der Waals surface area contributed by atoms with Crippen molar-refractivity contribution in [3.05, 3.63) is 55.4 Å². The molecule has 18 heavy (non-hydrogen) atoms. The minimum absolute atomic E-state index is 0.884. The van der Waals surface area contributed by atoms with Crippen molar-refractivity contribution in [3.8, 4) is 11.1 Å². The Morgan fingerprint density at radius 2 is 1.39 bits per heavy atom. The van der Waals surface area contributed by atoms with Gasteiger partial charge in [-0.2, -0.15) is 12.6 Å². The van der Waals surface area contributed by atoms with Gasteiger partial charge in [-0.1, -0.05) is 24.3 Å².